The van der Waals surface area contributed by atoms with Gasteiger partial charge in [-0.25, -0.2) is 0 Å². The Morgan fingerprint density at radius 1 is 1.16 bits per heavy atom. The van der Waals surface area contributed by atoms with E-state index in [1.165, 1.54) is 38.5 Å². The van der Waals surface area contributed by atoms with Crippen molar-refractivity contribution < 1.29 is 9.53 Å². The average Bonchev–Trinajstić information content (AvgIpc) is 3.06. The molecule has 0 aromatic rings. The molecule has 2 nitrogen and oxygen atoms in total. The second-order valence-corrected chi connectivity index (χ2v) is 6.57. The summed E-state index contributed by atoms with van der Waals surface area (Å²) >= 11 is 0. The third kappa shape index (κ3) is 3.32. The van der Waals surface area contributed by atoms with Crippen molar-refractivity contribution in [3.63, 3.8) is 0 Å². The molecule has 2 fully saturated rings. The maximum absolute atomic E-state index is 12.5. The highest BCUT2D eigenvalue weighted by Gasteiger charge is 2.46. The van der Waals surface area contributed by atoms with Gasteiger partial charge in [-0.15, -0.1) is 0 Å². The summed E-state index contributed by atoms with van der Waals surface area (Å²) in [7, 11) is 0. The molecule has 0 amide bonds. The molecule has 0 N–H and O–H groups in total. The highest BCUT2D eigenvalue weighted by molar-refractivity contribution is 5.73. The van der Waals surface area contributed by atoms with E-state index in [1.54, 1.807) is 0 Å². The van der Waals surface area contributed by atoms with Crippen molar-refractivity contribution in [2.45, 2.75) is 90.1 Å². The molecule has 2 heteroatoms. The van der Waals surface area contributed by atoms with E-state index in [0.29, 0.717) is 5.92 Å². The van der Waals surface area contributed by atoms with Crippen LogP contribution < -0.4 is 0 Å². The highest BCUT2D eigenvalue weighted by atomic mass is 16.6. The van der Waals surface area contributed by atoms with Gasteiger partial charge in [0, 0.05) is 0 Å². The lowest BCUT2D eigenvalue weighted by molar-refractivity contribution is -0.171. The van der Waals surface area contributed by atoms with Gasteiger partial charge < -0.3 is 4.74 Å². The van der Waals surface area contributed by atoms with Crippen LogP contribution in [0, 0.1) is 11.8 Å². The highest BCUT2D eigenvalue weighted by Crippen LogP contribution is 2.46. The smallest absolute Gasteiger partial charge is 0.309 e. The number of ether oxygens (including phenoxy) is 1. The lowest BCUT2D eigenvalue weighted by atomic mass is 9.84. The van der Waals surface area contributed by atoms with Crippen LogP contribution in [0.2, 0.25) is 0 Å². The van der Waals surface area contributed by atoms with Gasteiger partial charge in [-0.3, -0.25) is 4.79 Å². The number of carbonyl (C=O) groups excluding carboxylic acids is 1. The van der Waals surface area contributed by atoms with E-state index in [4.69, 9.17) is 4.74 Å². The number of esters is 1. The maximum atomic E-state index is 12.5. The van der Waals surface area contributed by atoms with E-state index in [0.717, 1.165) is 32.1 Å². The molecule has 0 aromatic heterocycles. The fourth-order valence-corrected chi connectivity index (χ4v) is 4.14. The molecule has 1 atom stereocenters. The van der Waals surface area contributed by atoms with E-state index in [1.807, 2.05) is 0 Å². The fraction of sp³-hybridized carbons (Fsp3) is 0.941. The summed E-state index contributed by atoms with van der Waals surface area (Å²) in [5.41, 5.74) is -0.0747. The molecule has 2 aliphatic rings. The molecule has 19 heavy (non-hydrogen) atoms. The quantitative estimate of drug-likeness (QED) is 0.642. The summed E-state index contributed by atoms with van der Waals surface area (Å²) in [4.78, 5) is 12.5. The number of hydrogen-bond donors (Lipinski definition) is 0. The van der Waals surface area contributed by atoms with E-state index in [-0.39, 0.29) is 17.5 Å². The number of rotatable bonds is 6. The predicted molar refractivity (Wildman–Crippen MR) is 77.9 cm³/mol. The van der Waals surface area contributed by atoms with Gasteiger partial charge in [0.15, 0.2) is 0 Å². The van der Waals surface area contributed by atoms with Crippen LogP contribution in [-0.2, 0) is 9.53 Å². The maximum Gasteiger partial charge on any atom is 0.309 e. The number of carbonyl (C=O) groups is 1. The molecule has 2 rings (SSSR count). The van der Waals surface area contributed by atoms with E-state index >= 15 is 0 Å². The molecule has 110 valence electrons. The van der Waals surface area contributed by atoms with E-state index in [2.05, 4.69) is 13.8 Å². The van der Waals surface area contributed by atoms with Crippen LogP contribution >= 0.6 is 0 Å². The third-order valence-corrected chi connectivity index (χ3v) is 5.32. The Bertz CT molecular complexity index is 286. The van der Waals surface area contributed by atoms with Crippen molar-refractivity contribution in [1.29, 1.82) is 0 Å². The third-order valence-electron chi connectivity index (χ3n) is 5.32. The topological polar surface area (TPSA) is 26.3 Å². The summed E-state index contributed by atoms with van der Waals surface area (Å²) in [6.45, 7) is 4.26. The Kier molecular flexibility index (Phi) is 5.29. The van der Waals surface area contributed by atoms with Crippen LogP contribution in [0.15, 0.2) is 0 Å². The lowest BCUT2D eigenvalue weighted by Gasteiger charge is -2.36. The molecule has 2 saturated carbocycles. The van der Waals surface area contributed by atoms with E-state index < -0.39 is 0 Å². The van der Waals surface area contributed by atoms with Crippen molar-refractivity contribution in [3.8, 4) is 0 Å². The largest absolute Gasteiger partial charge is 0.459 e. The first-order valence-electron chi connectivity index (χ1n) is 8.44. The van der Waals surface area contributed by atoms with Crippen LogP contribution in [0.3, 0.4) is 0 Å². The SMILES string of the molecule is CCCC(CC)C(=O)OC1(C2CCCC2)CCCC1. The Balaban J connectivity index is 2.01. The monoisotopic (exact) mass is 266 g/mol. The summed E-state index contributed by atoms with van der Waals surface area (Å²) in [6, 6.07) is 0. The Morgan fingerprint density at radius 2 is 1.79 bits per heavy atom. The first-order chi connectivity index (χ1) is 9.22. The molecule has 0 aliphatic heterocycles. The summed E-state index contributed by atoms with van der Waals surface area (Å²) in [5, 5.41) is 0. The first-order valence-corrected chi connectivity index (χ1v) is 8.44. The van der Waals surface area contributed by atoms with Crippen LogP contribution in [-0.4, -0.2) is 11.6 Å². The van der Waals surface area contributed by atoms with Gasteiger partial charge in [0.1, 0.15) is 5.60 Å². The van der Waals surface area contributed by atoms with Gasteiger partial charge in [-0.2, -0.15) is 0 Å². The molecule has 0 saturated heterocycles. The Morgan fingerprint density at radius 3 is 2.32 bits per heavy atom. The molecule has 0 spiro atoms. The van der Waals surface area contributed by atoms with Gasteiger partial charge >= 0.3 is 5.97 Å². The van der Waals surface area contributed by atoms with E-state index in [9.17, 15) is 4.79 Å². The van der Waals surface area contributed by atoms with Crippen LogP contribution in [0.4, 0.5) is 0 Å². The molecule has 1 unspecified atom stereocenters. The van der Waals surface area contributed by atoms with Crippen LogP contribution in [0.25, 0.3) is 0 Å². The van der Waals surface area contributed by atoms with Crippen molar-refractivity contribution in [1.82, 2.24) is 0 Å². The standard InChI is InChI=1S/C17H30O2/c1-3-9-14(4-2)16(18)19-17(12-7-8-13-17)15-10-5-6-11-15/h14-15H,3-13H2,1-2H3. The molecule has 0 bridgehead atoms. The van der Waals surface area contributed by atoms with Gasteiger partial charge in [-0.05, 0) is 57.3 Å². The molecular weight excluding hydrogens is 236 g/mol. The van der Waals surface area contributed by atoms with Crippen molar-refractivity contribution in [2.24, 2.45) is 11.8 Å². The Labute approximate surface area is 118 Å². The van der Waals surface area contributed by atoms with Crippen molar-refractivity contribution >= 4 is 5.97 Å². The van der Waals surface area contributed by atoms with Gasteiger partial charge in [-0.1, -0.05) is 33.1 Å². The molecule has 0 aromatic carbocycles. The molecule has 2 aliphatic carbocycles. The van der Waals surface area contributed by atoms with Gasteiger partial charge in [0.05, 0.1) is 5.92 Å². The zero-order valence-corrected chi connectivity index (χ0v) is 12.7. The first kappa shape index (κ1) is 14.9. The summed E-state index contributed by atoms with van der Waals surface area (Å²) in [5.74, 6) is 0.875. The molecule has 0 radical (unpaired) electrons. The Hall–Kier alpha value is -0.530. The van der Waals surface area contributed by atoms with Gasteiger partial charge in [0.25, 0.3) is 0 Å². The second kappa shape index (κ2) is 6.76. The van der Waals surface area contributed by atoms with Gasteiger partial charge in [0.2, 0.25) is 0 Å². The minimum Gasteiger partial charge on any atom is -0.459 e. The lowest BCUT2D eigenvalue weighted by Crippen LogP contribution is -2.40. The molecule has 0 heterocycles. The average molecular weight is 266 g/mol. The second-order valence-electron chi connectivity index (χ2n) is 6.57. The van der Waals surface area contributed by atoms with Crippen LogP contribution in [0.5, 0.6) is 0 Å². The number of hydrogen-bond acceptors (Lipinski definition) is 2. The van der Waals surface area contributed by atoms with Crippen molar-refractivity contribution in [2.75, 3.05) is 0 Å². The minimum atomic E-state index is -0.0747. The van der Waals surface area contributed by atoms with Crippen LogP contribution in [0.1, 0.15) is 84.5 Å². The van der Waals surface area contributed by atoms with Crippen molar-refractivity contribution in [3.05, 3.63) is 0 Å². The fourth-order valence-electron chi connectivity index (χ4n) is 4.14. The summed E-state index contributed by atoms with van der Waals surface area (Å²) < 4.78 is 6.15. The minimum absolute atomic E-state index is 0.0747. The molecular formula is C17H30O2. The zero-order valence-electron chi connectivity index (χ0n) is 12.7. The normalized spacial score (nSPS) is 24.5. The zero-order chi connectivity index (χ0) is 13.7. The summed E-state index contributed by atoms with van der Waals surface area (Å²) in [6.07, 6.45) is 12.9. The predicted octanol–water partition coefficient (Wildman–Crippen LogP) is 4.86.